The number of hydrogen-bond acceptors (Lipinski definition) is 2. The summed E-state index contributed by atoms with van der Waals surface area (Å²) in [6, 6.07) is 9.12. The van der Waals surface area contributed by atoms with Crippen molar-refractivity contribution in [2.24, 2.45) is 0 Å². The second-order valence-corrected chi connectivity index (χ2v) is 6.94. The molecular formula is C15H20NO2S+. The van der Waals surface area contributed by atoms with Gasteiger partial charge in [0.1, 0.15) is 12.5 Å². The van der Waals surface area contributed by atoms with E-state index in [-0.39, 0.29) is 22.8 Å². The monoisotopic (exact) mass is 278 g/mol. The van der Waals surface area contributed by atoms with Gasteiger partial charge in [0.05, 0.1) is 6.04 Å². The molecule has 0 bridgehead atoms. The van der Waals surface area contributed by atoms with Crippen molar-refractivity contribution in [1.82, 2.24) is 4.90 Å². The molecule has 0 spiro atoms. The standard InChI is InChI=1S/C15H19NO2S/c1-19(2)11-14(17)13-9-6-10-16(13)15(18)12-7-4-3-5-8-12/h3-5,7-8,11,13H,6,9-10H2,1-2H3/p+1/b14-11-/t13-/m0/s1. The van der Waals surface area contributed by atoms with Gasteiger partial charge in [0.25, 0.3) is 5.91 Å². The molecule has 1 fully saturated rings. The summed E-state index contributed by atoms with van der Waals surface area (Å²) >= 11 is 0. The van der Waals surface area contributed by atoms with Gasteiger partial charge in [-0.05, 0) is 25.0 Å². The van der Waals surface area contributed by atoms with Crippen LogP contribution < -0.4 is 0 Å². The van der Waals surface area contributed by atoms with Crippen molar-refractivity contribution in [3.8, 4) is 0 Å². The second kappa shape index (κ2) is 6.15. The van der Waals surface area contributed by atoms with Crippen molar-refractivity contribution in [3.05, 3.63) is 47.1 Å². The molecule has 102 valence electrons. The largest absolute Gasteiger partial charge is 0.506 e. The maximum absolute atomic E-state index is 12.4. The molecule has 19 heavy (non-hydrogen) atoms. The molecule has 1 aliphatic heterocycles. The molecule has 2 rings (SSSR count). The van der Waals surface area contributed by atoms with E-state index in [1.165, 1.54) is 0 Å². The lowest BCUT2D eigenvalue weighted by Gasteiger charge is -2.23. The Labute approximate surface area is 117 Å². The zero-order chi connectivity index (χ0) is 13.8. The number of likely N-dealkylation sites (tertiary alicyclic amines) is 1. The summed E-state index contributed by atoms with van der Waals surface area (Å²) in [4.78, 5) is 14.2. The molecule has 0 radical (unpaired) electrons. The third-order valence-electron chi connectivity index (χ3n) is 3.23. The first-order chi connectivity index (χ1) is 9.09. The number of nitrogens with zero attached hydrogens (tertiary/aromatic N) is 1. The van der Waals surface area contributed by atoms with Crippen LogP contribution in [0.2, 0.25) is 0 Å². The van der Waals surface area contributed by atoms with Gasteiger partial charge in [-0.1, -0.05) is 18.2 Å². The predicted molar refractivity (Wildman–Crippen MR) is 80.4 cm³/mol. The van der Waals surface area contributed by atoms with Crippen LogP contribution in [0, 0.1) is 0 Å². The molecule has 1 atom stereocenters. The van der Waals surface area contributed by atoms with Crippen molar-refractivity contribution in [3.63, 3.8) is 0 Å². The minimum atomic E-state index is -0.150. The topological polar surface area (TPSA) is 40.5 Å². The highest BCUT2D eigenvalue weighted by Crippen LogP contribution is 2.24. The predicted octanol–water partition coefficient (Wildman–Crippen LogP) is 2.57. The molecule has 0 saturated carbocycles. The Bertz CT molecular complexity index is 470. The van der Waals surface area contributed by atoms with Crippen LogP contribution in [0.15, 0.2) is 41.5 Å². The second-order valence-electron chi connectivity index (χ2n) is 4.94. The fraction of sp³-hybridized carbons (Fsp3) is 0.400. The molecule has 4 heteroatoms. The molecule has 0 aromatic heterocycles. The Hall–Kier alpha value is -1.42. The lowest BCUT2D eigenvalue weighted by atomic mass is 10.1. The van der Waals surface area contributed by atoms with Crippen LogP contribution in [0.1, 0.15) is 23.2 Å². The smallest absolute Gasteiger partial charge is 0.254 e. The van der Waals surface area contributed by atoms with E-state index in [1.54, 1.807) is 4.90 Å². The van der Waals surface area contributed by atoms with E-state index >= 15 is 0 Å². The normalized spacial score (nSPS) is 20.1. The van der Waals surface area contributed by atoms with Gasteiger partial charge in [-0.2, -0.15) is 0 Å². The number of amides is 1. The van der Waals surface area contributed by atoms with Gasteiger partial charge in [-0.25, -0.2) is 0 Å². The summed E-state index contributed by atoms with van der Waals surface area (Å²) in [6.45, 7) is 0.720. The molecular weight excluding hydrogens is 258 g/mol. The number of rotatable bonds is 3. The van der Waals surface area contributed by atoms with E-state index in [0.717, 1.165) is 19.4 Å². The highest BCUT2D eigenvalue weighted by atomic mass is 32.2. The van der Waals surface area contributed by atoms with Crippen LogP contribution in [-0.2, 0) is 10.9 Å². The van der Waals surface area contributed by atoms with E-state index in [4.69, 9.17) is 0 Å². The van der Waals surface area contributed by atoms with E-state index in [0.29, 0.717) is 11.3 Å². The molecule has 1 heterocycles. The number of carbonyl (C=O) groups excluding carboxylic acids is 1. The number of aliphatic hydroxyl groups is 1. The summed E-state index contributed by atoms with van der Waals surface area (Å²) in [7, 11) is 0.0357. The number of aliphatic hydroxyl groups excluding tert-OH is 1. The number of benzene rings is 1. The molecule has 0 unspecified atom stereocenters. The first-order valence-electron chi connectivity index (χ1n) is 6.42. The van der Waals surface area contributed by atoms with Gasteiger partial charge in [0.2, 0.25) is 0 Å². The molecule has 1 amide bonds. The number of carbonyl (C=O) groups is 1. The van der Waals surface area contributed by atoms with Gasteiger partial charge < -0.3 is 10.0 Å². The van der Waals surface area contributed by atoms with E-state index in [9.17, 15) is 9.90 Å². The zero-order valence-corrected chi connectivity index (χ0v) is 12.2. The fourth-order valence-electron chi connectivity index (χ4n) is 2.38. The van der Waals surface area contributed by atoms with E-state index < -0.39 is 0 Å². The Balaban J connectivity index is 2.17. The molecule has 1 saturated heterocycles. The van der Waals surface area contributed by atoms with Crippen LogP contribution in [-0.4, -0.2) is 41.0 Å². The molecule has 3 nitrogen and oxygen atoms in total. The van der Waals surface area contributed by atoms with Crippen molar-refractivity contribution >= 4 is 16.8 Å². The van der Waals surface area contributed by atoms with Crippen LogP contribution in [0.3, 0.4) is 0 Å². The SMILES string of the molecule is C[S+](C)/C=C(\O)[C@@H]1CCCN1C(=O)c1ccccc1. The van der Waals surface area contributed by atoms with Crippen molar-refractivity contribution in [2.75, 3.05) is 19.1 Å². The summed E-state index contributed by atoms with van der Waals surface area (Å²) in [5.41, 5.74) is 0.689. The molecule has 1 aromatic carbocycles. The van der Waals surface area contributed by atoms with Gasteiger partial charge >= 0.3 is 0 Å². The van der Waals surface area contributed by atoms with Gasteiger partial charge in [0, 0.05) is 23.0 Å². The summed E-state index contributed by atoms with van der Waals surface area (Å²) in [6.07, 6.45) is 5.89. The minimum absolute atomic E-state index is 0.00939. The average molecular weight is 278 g/mol. The third-order valence-corrected chi connectivity index (χ3v) is 3.95. The van der Waals surface area contributed by atoms with Crippen LogP contribution in [0.4, 0.5) is 0 Å². The molecule has 0 aliphatic carbocycles. The van der Waals surface area contributed by atoms with Crippen LogP contribution >= 0.6 is 0 Å². The first kappa shape index (κ1) is 14.0. The molecule has 1 aromatic rings. The third kappa shape index (κ3) is 3.32. The lowest BCUT2D eigenvalue weighted by Crippen LogP contribution is -2.36. The zero-order valence-electron chi connectivity index (χ0n) is 11.4. The van der Waals surface area contributed by atoms with Crippen LogP contribution in [0.5, 0.6) is 0 Å². The maximum atomic E-state index is 12.4. The number of hydrogen-bond donors (Lipinski definition) is 1. The summed E-state index contributed by atoms with van der Waals surface area (Å²) in [5.74, 6) is 0.352. The average Bonchev–Trinajstić information content (AvgIpc) is 2.87. The highest BCUT2D eigenvalue weighted by molar-refractivity contribution is 7.98. The first-order valence-corrected chi connectivity index (χ1v) is 8.53. The Morgan fingerprint density at radius 3 is 2.68 bits per heavy atom. The van der Waals surface area contributed by atoms with Crippen LogP contribution in [0.25, 0.3) is 0 Å². The van der Waals surface area contributed by atoms with E-state index in [2.05, 4.69) is 12.5 Å². The van der Waals surface area contributed by atoms with Gasteiger partial charge in [-0.3, -0.25) is 4.79 Å². The minimum Gasteiger partial charge on any atom is -0.506 e. The quantitative estimate of drug-likeness (QED) is 0.682. The Morgan fingerprint density at radius 2 is 2.05 bits per heavy atom. The summed E-state index contributed by atoms with van der Waals surface area (Å²) in [5, 5.41) is 12.0. The van der Waals surface area contributed by atoms with Gasteiger partial charge in [0.15, 0.2) is 11.2 Å². The maximum Gasteiger partial charge on any atom is 0.254 e. The highest BCUT2D eigenvalue weighted by Gasteiger charge is 2.33. The Kier molecular flexibility index (Phi) is 4.53. The molecule has 1 N–H and O–H groups in total. The van der Waals surface area contributed by atoms with Crippen molar-refractivity contribution in [2.45, 2.75) is 18.9 Å². The fourth-order valence-corrected chi connectivity index (χ4v) is 3.02. The van der Waals surface area contributed by atoms with Crippen molar-refractivity contribution in [1.29, 1.82) is 0 Å². The molecule has 1 aliphatic rings. The Morgan fingerprint density at radius 1 is 1.37 bits per heavy atom. The van der Waals surface area contributed by atoms with Gasteiger partial charge in [-0.15, -0.1) is 0 Å². The summed E-state index contributed by atoms with van der Waals surface area (Å²) < 4.78 is 0. The van der Waals surface area contributed by atoms with E-state index in [1.807, 2.05) is 35.7 Å². The lowest BCUT2D eigenvalue weighted by molar-refractivity contribution is 0.0729. The van der Waals surface area contributed by atoms with Crippen molar-refractivity contribution < 1.29 is 9.90 Å².